The largest absolute Gasteiger partial charge is 0.488 e. The van der Waals surface area contributed by atoms with Crippen molar-refractivity contribution in [2.75, 3.05) is 32.6 Å². The molecule has 2 fully saturated rings. The van der Waals surface area contributed by atoms with E-state index in [1.165, 1.54) is 6.26 Å². The minimum absolute atomic E-state index is 0.0553. The number of aryl methyl sites for hydroxylation is 2. The van der Waals surface area contributed by atoms with Gasteiger partial charge in [-0.05, 0) is 62.1 Å². The fourth-order valence-corrected chi connectivity index (χ4v) is 6.16. The molecule has 0 bridgehead atoms. The molecule has 0 aliphatic carbocycles. The zero-order chi connectivity index (χ0) is 25.4. The van der Waals surface area contributed by atoms with Crippen molar-refractivity contribution in [3.05, 3.63) is 47.8 Å². The highest BCUT2D eigenvalue weighted by atomic mass is 32.2. The maximum atomic E-state index is 12.9. The molecule has 3 aromatic rings. The molecule has 5 rings (SSSR count). The van der Waals surface area contributed by atoms with Gasteiger partial charge in [-0.25, -0.2) is 13.4 Å². The highest BCUT2D eigenvalue weighted by Gasteiger charge is 2.33. The topological polar surface area (TPSA) is 98.7 Å². The number of ether oxygens (including phenoxy) is 2. The number of carbonyl (C=O) groups excluding carboxylic acids is 1. The minimum atomic E-state index is -3.40. The monoisotopic (exact) mass is 509 g/mol. The van der Waals surface area contributed by atoms with E-state index in [1.807, 2.05) is 36.1 Å². The predicted molar refractivity (Wildman–Crippen MR) is 137 cm³/mol. The van der Waals surface area contributed by atoms with Gasteiger partial charge in [0.05, 0.1) is 12.1 Å². The third kappa shape index (κ3) is 4.82. The minimum Gasteiger partial charge on any atom is -0.488 e. The second-order valence-corrected chi connectivity index (χ2v) is 11.7. The third-order valence-corrected chi connectivity index (χ3v) is 8.26. The lowest BCUT2D eigenvalue weighted by molar-refractivity contribution is -0.137. The molecule has 1 unspecified atom stereocenters. The van der Waals surface area contributed by atoms with Gasteiger partial charge in [0.1, 0.15) is 11.9 Å². The van der Waals surface area contributed by atoms with Gasteiger partial charge in [0.2, 0.25) is 5.91 Å². The molecule has 2 saturated heterocycles. The second kappa shape index (κ2) is 9.78. The van der Waals surface area contributed by atoms with E-state index in [0.29, 0.717) is 31.9 Å². The van der Waals surface area contributed by atoms with Gasteiger partial charge in [-0.3, -0.25) is 9.78 Å². The molecule has 0 radical (unpaired) electrons. The molecule has 4 heterocycles. The summed E-state index contributed by atoms with van der Waals surface area (Å²) in [5.41, 5.74) is 4.12. The van der Waals surface area contributed by atoms with Crippen LogP contribution in [-0.2, 0) is 19.4 Å². The quantitative estimate of drug-likeness (QED) is 0.517. The van der Waals surface area contributed by atoms with Crippen LogP contribution in [0.3, 0.4) is 0 Å². The molecular weight excluding hydrogens is 478 g/mol. The van der Waals surface area contributed by atoms with Gasteiger partial charge in [-0.2, -0.15) is 0 Å². The van der Waals surface area contributed by atoms with Crippen molar-refractivity contribution in [3.8, 4) is 16.9 Å². The Kier molecular flexibility index (Phi) is 6.70. The van der Waals surface area contributed by atoms with Crippen LogP contribution in [0.2, 0.25) is 0 Å². The number of amides is 1. The molecule has 0 N–H and O–H groups in total. The summed E-state index contributed by atoms with van der Waals surface area (Å²) < 4.78 is 35.8. The molecule has 2 aromatic heterocycles. The molecule has 8 nitrogen and oxygen atoms in total. The first-order valence-electron chi connectivity index (χ1n) is 12.3. The van der Waals surface area contributed by atoms with Gasteiger partial charge in [0.15, 0.2) is 14.9 Å². The van der Waals surface area contributed by atoms with Crippen LogP contribution >= 0.6 is 0 Å². The number of pyridine rings is 2. The van der Waals surface area contributed by atoms with Gasteiger partial charge in [-0.1, -0.05) is 0 Å². The van der Waals surface area contributed by atoms with E-state index in [1.54, 1.807) is 19.3 Å². The lowest BCUT2D eigenvalue weighted by atomic mass is 9.98. The molecule has 1 amide bonds. The summed E-state index contributed by atoms with van der Waals surface area (Å²) in [6, 6.07) is 7.64. The molecule has 0 spiro atoms. The average Bonchev–Trinajstić information content (AvgIpc) is 3.33. The van der Waals surface area contributed by atoms with Crippen LogP contribution in [0.4, 0.5) is 0 Å². The maximum absolute atomic E-state index is 12.9. The number of hydrogen-bond donors (Lipinski definition) is 0. The van der Waals surface area contributed by atoms with E-state index in [-0.39, 0.29) is 23.0 Å². The lowest BCUT2D eigenvalue weighted by Gasteiger charge is -2.26. The second-order valence-electron chi connectivity index (χ2n) is 9.76. The molecule has 36 heavy (non-hydrogen) atoms. The molecule has 2 aliphatic rings. The Bertz CT molecular complexity index is 1420. The normalized spacial score (nSPS) is 19.1. The van der Waals surface area contributed by atoms with Crippen LogP contribution in [0.15, 0.2) is 41.7 Å². The van der Waals surface area contributed by atoms with E-state index in [9.17, 15) is 13.2 Å². The van der Waals surface area contributed by atoms with Crippen LogP contribution in [0.1, 0.15) is 30.4 Å². The van der Waals surface area contributed by atoms with E-state index < -0.39 is 9.84 Å². The summed E-state index contributed by atoms with van der Waals surface area (Å²) in [6.07, 6.45) is 6.82. The summed E-state index contributed by atoms with van der Waals surface area (Å²) in [7, 11) is -3.40. The Morgan fingerprint density at radius 2 is 1.89 bits per heavy atom. The van der Waals surface area contributed by atoms with Gasteiger partial charge in [0.25, 0.3) is 0 Å². The Morgan fingerprint density at radius 1 is 1.11 bits per heavy atom. The van der Waals surface area contributed by atoms with E-state index in [2.05, 4.69) is 9.97 Å². The number of sulfone groups is 1. The highest BCUT2D eigenvalue weighted by molar-refractivity contribution is 7.90. The molecular formula is C27H31N3O5S. The summed E-state index contributed by atoms with van der Waals surface area (Å²) in [4.78, 5) is 23.6. The standard InChI is InChI=1S/C27H31N3O5S/c1-17-14-20(15-29-26(17)36(3,32)33)22-6-10-28-23-4-5-24(18(2)25(22)23)35-21-7-11-30(16-21)27(31)19-8-12-34-13-9-19/h4-6,10,14-15,19,21H,7-9,11-13,16H2,1-3H3. The number of rotatable bonds is 5. The molecule has 9 heteroatoms. The number of carbonyl (C=O) groups is 1. The third-order valence-electron chi connectivity index (χ3n) is 7.13. The summed E-state index contributed by atoms with van der Waals surface area (Å²) in [5, 5.41) is 1.03. The average molecular weight is 510 g/mol. The molecule has 0 saturated carbocycles. The molecule has 1 aromatic carbocycles. The van der Waals surface area contributed by atoms with Crippen LogP contribution in [0.25, 0.3) is 22.0 Å². The number of fused-ring (bicyclic) bond motifs is 1. The SMILES string of the molecule is Cc1cc(-c2ccnc3ccc(OC4CCN(C(=O)C5CCOCC5)C4)c(C)c23)cnc1S(C)(=O)=O. The summed E-state index contributed by atoms with van der Waals surface area (Å²) in [6.45, 7) is 6.37. The van der Waals surface area contributed by atoms with Crippen molar-refractivity contribution in [2.45, 2.75) is 44.2 Å². The first-order chi connectivity index (χ1) is 17.2. The van der Waals surface area contributed by atoms with Crippen molar-refractivity contribution < 1.29 is 22.7 Å². The number of nitrogens with zero attached hydrogens (tertiary/aromatic N) is 3. The van der Waals surface area contributed by atoms with Crippen LogP contribution in [0.5, 0.6) is 5.75 Å². The molecule has 190 valence electrons. The number of likely N-dealkylation sites (tertiary alicyclic amines) is 1. The Hall–Kier alpha value is -3.04. The summed E-state index contributed by atoms with van der Waals surface area (Å²) in [5.74, 6) is 1.03. The molecule has 2 aliphatic heterocycles. The smallest absolute Gasteiger partial charge is 0.225 e. The van der Waals surface area contributed by atoms with Crippen LogP contribution in [-0.4, -0.2) is 67.9 Å². The fraction of sp³-hybridized carbons (Fsp3) is 0.444. The Balaban J connectivity index is 1.41. The first-order valence-corrected chi connectivity index (χ1v) is 14.2. The van der Waals surface area contributed by atoms with E-state index >= 15 is 0 Å². The number of benzene rings is 1. The Morgan fingerprint density at radius 3 is 2.61 bits per heavy atom. The summed E-state index contributed by atoms with van der Waals surface area (Å²) >= 11 is 0. The van der Waals surface area contributed by atoms with Gasteiger partial charge < -0.3 is 14.4 Å². The Labute approximate surface area is 211 Å². The van der Waals surface area contributed by atoms with Crippen molar-refractivity contribution in [3.63, 3.8) is 0 Å². The lowest BCUT2D eigenvalue weighted by Crippen LogP contribution is -2.38. The number of hydrogen-bond acceptors (Lipinski definition) is 7. The van der Waals surface area contributed by atoms with E-state index in [4.69, 9.17) is 9.47 Å². The van der Waals surface area contributed by atoms with Crippen molar-refractivity contribution >= 4 is 26.6 Å². The van der Waals surface area contributed by atoms with Gasteiger partial charge in [0, 0.05) is 67.3 Å². The molecule has 1 atom stereocenters. The van der Waals surface area contributed by atoms with Gasteiger partial charge in [-0.15, -0.1) is 0 Å². The number of aromatic nitrogens is 2. The fourth-order valence-electron chi connectivity index (χ4n) is 5.27. The zero-order valence-electron chi connectivity index (χ0n) is 20.9. The zero-order valence-corrected chi connectivity index (χ0v) is 21.7. The highest BCUT2D eigenvalue weighted by Crippen LogP contribution is 2.36. The van der Waals surface area contributed by atoms with Crippen molar-refractivity contribution in [2.24, 2.45) is 5.92 Å². The van der Waals surface area contributed by atoms with E-state index in [0.717, 1.165) is 52.6 Å². The van der Waals surface area contributed by atoms with Crippen LogP contribution < -0.4 is 4.74 Å². The predicted octanol–water partition coefficient (Wildman–Crippen LogP) is 3.72. The van der Waals surface area contributed by atoms with Crippen molar-refractivity contribution in [1.82, 2.24) is 14.9 Å². The maximum Gasteiger partial charge on any atom is 0.225 e. The first kappa shape index (κ1) is 24.6. The van der Waals surface area contributed by atoms with Crippen LogP contribution in [0, 0.1) is 19.8 Å². The van der Waals surface area contributed by atoms with Crippen molar-refractivity contribution in [1.29, 1.82) is 0 Å². The van der Waals surface area contributed by atoms with Gasteiger partial charge >= 0.3 is 0 Å².